The molecule has 2 aromatic rings. The van der Waals surface area contributed by atoms with E-state index >= 15 is 0 Å². The monoisotopic (exact) mass is 572 g/mol. The average molecular weight is 573 g/mol. The number of halogens is 1. The van der Waals surface area contributed by atoms with Crippen molar-refractivity contribution in [3.05, 3.63) is 58.6 Å². The first kappa shape index (κ1) is 30.7. The molecule has 1 aliphatic rings. The predicted octanol–water partition coefficient (Wildman–Crippen LogP) is 4.43. The normalized spacial score (nSPS) is 17.8. The van der Waals surface area contributed by atoms with Crippen LogP contribution in [0.15, 0.2) is 42.5 Å². The maximum absolute atomic E-state index is 14.2. The number of primary amides is 1. The van der Waals surface area contributed by atoms with Gasteiger partial charge in [-0.15, -0.1) is 0 Å². The molecule has 0 heterocycles. The molecule has 10 nitrogen and oxygen atoms in total. The molecule has 0 bridgehead atoms. The average Bonchev–Trinajstić information content (AvgIpc) is 3.57. The highest BCUT2D eigenvalue weighted by Gasteiger charge is 2.48. The van der Waals surface area contributed by atoms with Crippen LogP contribution < -0.4 is 16.4 Å². The highest BCUT2D eigenvalue weighted by Crippen LogP contribution is 2.41. The highest BCUT2D eigenvalue weighted by atomic mass is 35.5. The zero-order valence-electron chi connectivity index (χ0n) is 23.4. The first-order valence-electron chi connectivity index (χ1n) is 13.1. The molecule has 0 aliphatic heterocycles. The zero-order valence-corrected chi connectivity index (χ0v) is 24.1. The Hall–Kier alpha value is -3.79. The van der Waals surface area contributed by atoms with Crippen molar-refractivity contribution < 1.29 is 29.0 Å². The van der Waals surface area contributed by atoms with Crippen LogP contribution in [0.3, 0.4) is 0 Å². The van der Waals surface area contributed by atoms with Crippen LogP contribution in [0.1, 0.15) is 64.1 Å². The molecule has 1 fully saturated rings. The molecular formula is C29H37ClN4O6. The first-order valence-corrected chi connectivity index (χ1v) is 13.5. The molecule has 1 aliphatic carbocycles. The number of carbonyl (C=O) groups is 4. The predicted molar refractivity (Wildman–Crippen MR) is 152 cm³/mol. The van der Waals surface area contributed by atoms with Gasteiger partial charge in [-0.2, -0.15) is 0 Å². The Morgan fingerprint density at radius 2 is 1.77 bits per heavy atom. The van der Waals surface area contributed by atoms with E-state index in [-0.39, 0.29) is 30.6 Å². The lowest BCUT2D eigenvalue weighted by Gasteiger charge is -2.35. The van der Waals surface area contributed by atoms with Crippen LogP contribution in [0.4, 0.5) is 10.5 Å². The number of nitrogens with two attached hydrogens (primary N) is 1. The van der Waals surface area contributed by atoms with Crippen molar-refractivity contribution in [1.82, 2.24) is 10.2 Å². The second-order valence-electron chi connectivity index (χ2n) is 11.1. The minimum absolute atomic E-state index is 0.00606. The zero-order chi connectivity index (χ0) is 29.8. The van der Waals surface area contributed by atoms with E-state index in [2.05, 4.69) is 10.6 Å². The molecule has 3 rings (SSSR count). The molecule has 1 saturated carbocycles. The molecule has 216 valence electrons. The SMILES string of the molecule is Cc1cccc(Cl)c1NC(=O)C(c1ccc(O)cc1)N(C(=O)C(CCC(N)=O)NC(=O)OC(C)(C)C)C1CC1C. The molecule has 0 spiro atoms. The molecule has 5 N–H and O–H groups in total. The molecule has 11 heteroatoms. The van der Waals surface area contributed by atoms with Gasteiger partial charge in [-0.3, -0.25) is 14.4 Å². The number of nitrogens with one attached hydrogen (secondary N) is 2. The fourth-order valence-electron chi connectivity index (χ4n) is 4.42. The Morgan fingerprint density at radius 1 is 1.15 bits per heavy atom. The number of hydrogen-bond donors (Lipinski definition) is 4. The van der Waals surface area contributed by atoms with Gasteiger partial charge in [-0.05, 0) is 75.8 Å². The van der Waals surface area contributed by atoms with Gasteiger partial charge in [0.2, 0.25) is 11.8 Å². The van der Waals surface area contributed by atoms with Crippen LogP contribution in [-0.2, 0) is 19.1 Å². The van der Waals surface area contributed by atoms with Gasteiger partial charge < -0.3 is 31.1 Å². The summed E-state index contributed by atoms with van der Waals surface area (Å²) in [6, 6.07) is 8.54. The summed E-state index contributed by atoms with van der Waals surface area (Å²) in [6.45, 7) is 8.81. The number of phenolic OH excluding ortho intramolecular Hbond substituents is 1. The number of hydrogen-bond acceptors (Lipinski definition) is 6. The number of alkyl carbamates (subject to hydrolysis) is 1. The van der Waals surface area contributed by atoms with E-state index in [1.807, 2.05) is 6.92 Å². The maximum Gasteiger partial charge on any atom is 0.408 e. The van der Waals surface area contributed by atoms with Crippen LogP contribution in [0.5, 0.6) is 5.75 Å². The summed E-state index contributed by atoms with van der Waals surface area (Å²) >= 11 is 6.38. The summed E-state index contributed by atoms with van der Waals surface area (Å²) < 4.78 is 5.35. The Balaban J connectivity index is 2.05. The number of amides is 4. The standard InChI is InChI=1S/C29H37ClN4O6/c1-16-7-6-8-20(30)24(16)33-26(37)25(18-9-11-19(35)12-10-18)34(22-15-17(22)2)27(38)21(13-14-23(31)36)32-28(39)40-29(3,4)5/h6-12,17,21-22,25,35H,13-15H2,1-5H3,(H2,31,36)(H,32,39)(H,33,37). The van der Waals surface area contributed by atoms with Crippen molar-refractivity contribution in [3.63, 3.8) is 0 Å². The van der Waals surface area contributed by atoms with Crippen molar-refractivity contribution in [1.29, 1.82) is 0 Å². The fraction of sp³-hybridized carbons (Fsp3) is 0.448. The lowest BCUT2D eigenvalue weighted by molar-refractivity contribution is -0.142. The third kappa shape index (κ3) is 8.11. The molecule has 4 amide bonds. The number of rotatable bonds is 10. The Kier molecular flexibility index (Phi) is 9.68. The van der Waals surface area contributed by atoms with Crippen LogP contribution in [0, 0.1) is 12.8 Å². The summed E-state index contributed by atoms with van der Waals surface area (Å²) in [6.07, 6.45) is -0.460. The number of benzene rings is 2. The maximum atomic E-state index is 14.2. The van der Waals surface area contributed by atoms with E-state index in [4.69, 9.17) is 22.1 Å². The smallest absolute Gasteiger partial charge is 0.408 e. The Labute approximate surface area is 239 Å². The molecule has 2 aromatic carbocycles. The van der Waals surface area contributed by atoms with Crippen LogP contribution in [-0.4, -0.2) is 51.5 Å². The van der Waals surface area contributed by atoms with Crippen LogP contribution >= 0.6 is 11.6 Å². The largest absolute Gasteiger partial charge is 0.508 e. The molecule has 4 atom stereocenters. The Bertz CT molecular complexity index is 1240. The number of aromatic hydroxyl groups is 1. The lowest BCUT2D eigenvalue weighted by Crippen LogP contribution is -2.53. The second-order valence-corrected chi connectivity index (χ2v) is 11.6. The molecule has 0 radical (unpaired) electrons. The van der Waals surface area contributed by atoms with Crippen LogP contribution in [0.2, 0.25) is 5.02 Å². The third-order valence-corrected chi connectivity index (χ3v) is 6.87. The fourth-order valence-corrected chi connectivity index (χ4v) is 4.69. The number of phenols is 1. The van der Waals surface area contributed by atoms with E-state index in [1.54, 1.807) is 58.0 Å². The minimum Gasteiger partial charge on any atom is -0.508 e. The van der Waals surface area contributed by atoms with Gasteiger partial charge >= 0.3 is 6.09 Å². The molecule has 0 aromatic heterocycles. The van der Waals surface area contributed by atoms with Crippen LogP contribution in [0.25, 0.3) is 0 Å². The highest BCUT2D eigenvalue weighted by molar-refractivity contribution is 6.34. The molecular weight excluding hydrogens is 536 g/mol. The summed E-state index contributed by atoms with van der Waals surface area (Å²) in [7, 11) is 0. The first-order chi connectivity index (χ1) is 18.7. The third-order valence-electron chi connectivity index (χ3n) is 6.55. The van der Waals surface area contributed by atoms with E-state index < -0.39 is 41.5 Å². The van der Waals surface area contributed by atoms with E-state index in [1.165, 1.54) is 17.0 Å². The van der Waals surface area contributed by atoms with E-state index in [0.29, 0.717) is 22.7 Å². The van der Waals surface area contributed by atoms with Gasteiger partial charge in [-0.1, -0.05) is 42.8 Å². The van der Waals surface area contributed by atoms with Gasteiger partial charge in [0.05, 0.1) is 10.7 Å². The number of para-hydroxylation sites is 1. The van der Waals surface area contributed by atoms with E-state index in [9.17, 15) is 24.3 Å². The van der Waals surface area contributed by atoms with Gasteiger partial charge in [0.1, 0.15) is 23.4 Å². The molecule has 40 heavy (non-hydrogen) atoms. The van der Waals surface area contributed by atoms with Crippen molar-refractivity contribution >= 4 is 41.1 Å². The molecule has 4 unspecified atom stereocenters. The van der Waals surface area contributed by atoms with Gasteiger partial charge in [0, 0.05) is 12.5 Å². The van der Waals surface area contributed by atoms with Crippen molar-refractivity contribution in [2.24, 2.45) is 11.7 Å². The van der Waals surface area contributed by atoms with Gasteiger partial charge in [-0.25, -0.2) is 4.79 Å². The second kappa shape index (κ2) is 12.6. The minimum atomic E-state index is -1.19. The Morgan fingerprint density at radius 3 is 2.30 bits per heavy atom. The molecule has 0 saturated heterocycles. The van der Waals surface area contributed by atoms with Gasteiger partial charge in [0.15, 0.2) is 0 Å². The number of carbonyl (C=O) groups excluding carboxylic acids is 4. The lowest BCUT2D eigenvalue weighted by atomic mass is 10.0. The van der Waals surface area contributed by atoms with Crippen molar-refractivity contribution in [2.45, 2.75) is 77.6 Å². The van der Waals surface area contributed by atoms with Gasteiger partial charge in [0.25, 0.3) is 5.91 Å². The summed E-state index contributed by atoms with van der Waals surface area (Å²) in [4.78, 5) is 53.9. The summed E-state index contributed by atoms with van der Waals surface area (Å²) in [5.74, 6) is -1.66. The topological polar surface area (TPSA) is 151 Å². The van der Waals surface area contributed by atoms with Crippen molar-refractivity contribution in [3.8, 4) is 5.75 Å². The number of nitrogens with zero attached hydrogens (tertiary/aromatic N) is 1. The van der Waals surface area contributed by atoms with E-state index in [0.717, 1.165) is 5.56 Å². The van der Waals surface area contributed by atoms with Crippen molar-refractivity contribution in [2.75, 3.05) is 5.32 Å². The quantitative estimate of drug-likeness (QED) is 0.330. The number of anilines is 1. The number of aryl methyl sites for hydroxylation is 1. The summed E-state index contributed by atoms with van der Waals surface area (Å²) in [5, 5.41) is 15.7. The summed E-state index contributed by atoms with van der Waals surface area (Å²) in [5.41, 5.74) is 6.12. The number of ether oxygens (including phenoxy) is 1.